The summed E-state index contributed by atoms with van der Waals surface area (Å²) < 4.78 is 9.12. The molecule has 31 heavy (non-hydrogen) atoms. The number of thiophene rings is 1. The number of hydrogen-bond acceptors (Lipinski definition) is 8. The fourth-order valence-corrected chi connectivity index (χ4v) is 6.20. The lowest BCUT2D eigenvalue weighted by Crippen LogP contribution is -2.24. The van der Waals surface area contributed by atoms with Gasteiger partial charge in [0.15, 0.2) is 11.0 Å². The second-order valence-corrected chi connectivity index (χ2v) is 9.74. The molecule has 0 N–H and O–H groups in total. The van der Waals surface area contributed by atoms with Crippen molar-refractivity contribution in [2.45, 2.75) is 69.4 Å². The van der Waals surface area contributed by atoms with Gasteiger partial charge in [0.05, 0.1) is 23.9 Å². The first-order valence-corrected chi connectivity index (χ1v) is 12.5. The Hall–Kier alpha value is -2.46. The van der Waals surface area contributed by atoms with E-state index in [1.54, 1.807) is 22.2 Å². The van der Waals surface area contributed by atoms with Gasteiger partial charge in [-0.05, 0) is 60.2 Å². The molecule has 162 valence electrons. The molecule has 0 saturated heterocycles. The minimum Gasteiger partial charge on any atom is -0.467 e. The largest absolute Gasteiger partial charge is 0.467 e. The first-order valence-electron chi connectivity index (χ1n) is 10.7. The summed E-state index contributed by atoms with van der Waals surface area (Å²) in [6, 6.07) is 3.73. The van der Waals surface area contributed by atoms with Crippen molar-refractivity contribution in [2.24, 2.45) is 0 Å². The summed E-state index contributed by atoms with van der Waals surface area (Å²) in [6.45, 7) is 3.30. The van der Waals surface area contributed by atoms with Crippen LogP contribution >= 0.6 is 23.1 Å². The monoisotopic (exact) mass is 456 g/mol. The minimum absolute atomic E-state index is 0.0221. The highest BCUT2D eigenvalue weighted by atomic mass is 32.2. The number of hydrogen-bond donors (Lipinski definition) is 0. The van der Waals surface area contributed by atoms with Crippen LogP contribution in [0.1, 0.15) is 54.6 Å². The lowest BCUT2D eigenvalue weighted by Gasteiger charge is -2.12. The zero-order chi connectivity index (χ0) is 21.2. The molecular weight excluding hydrogens is 432 g/mol. The summed E-state index contributed by atoms with van der Waals surface area (Å²) in [5, 5.41) is 13.6. The van der Waals surface area contributed by atoms with E-state index >= 15 is 0 Å². The smallest absolute Gasteiger partial charge is 0.263 e. The van der Waals surface area contributed by atoms with E-state index in [-0.39, 0.29) is 5.56 Å². The van der Waals surface area contributed by atoms with E-state index in [1.165, 1.54) is 28.6 Å². The molecule has 0 fully saturated rings. The van der Waals surface area contributed by atoms with Crippen molar-refractivity contribution in [3.8, 4) is 0 Å². The predicted octanol–water partition coefficient (Wildman–Crippen LogP) is 4.06. The first-order chi connectivity index (χ1) is 15.2. The van der Waals surface area contributed by atoms with Crippen LogP contribution in [0.5, 0.6) is 0 Å². The summed E-state index contributed by atoms with van der Waals surface area (Å²) in [5.74, 6) is 2.09. The molecular formula is C21H24N6O2S2. The molecule has 0 radical (unpaired) electrons. The number of nitrogens with zero attached hydrogens (tertiary/aromatic N) is 6. The summed E-state index contributed by atoms with van der Waals surface area (Å²) in [7, 11) is 0. The Labute approximate surface area is 187 Å². The van der Waals surface area contributed by atoms with E-state index in [0.29, 0.717) is 17.5 Å². The lowest BCUT2D eigenvalue weighted by atomic mass is 9.97. The van der Waals surface area contributed by atoms with Crippen LogP contribution in [0.15, 0.2) is 32.8 Å². The summed E-state index contributed by atoms with van der Waals surface area (Å²) in [5.41, 5.74) is 1.23. The molecule has 4 aromatic heterocycles. The van der Waals surface area contributed by atoms with Crippen molar-refractivity contribution in [1.29, 1.82) is 0 Å². The number of rotatable bonds is 8. The number of furan rings is 1. The van der Waals surface area contributed by atoms with Crippen molar-refractivity contribution in [3.63, 3.8) is 0 Å². The van der Waals surface area contributed by atoms with Crippen LogP contribution in [0.2, 0.25) is 0 Å². The Kier molecular flexibility index (Phi) is 5.91. The van der Waals surface area contributed by atoms with Crippen LogP contribution in [0.4, 0.5) is 0 Å². The van der Waals surface area contributed by atoms with Crippen LogP contribution in [0.25, 0.3) is 10.2 Å². The Balaban J connectivity index is 1.53. The minimum atomic E-state index is 0.0221. The Morgan fingerprint density at radius 2 is 2.19 bits per heavy atom. The highest BCUT2D eigenvalue weighted by molar-refractivity contribution is 7.98. The maximum atomic E-state index is 13.6. The van der Waals surface area contributed by atoms with Crippen molar-refractivity contribution < 1.29 is 4.42 Å². The van der Waals surface area contributed by atoms with Gasteiger partial charge < -0.3 is 4.42 Å². The Morgan fingerprint density at radius 1 is 1.29 bits per heavy atom. The van der Waals surface area contributed by atoms with E-state index < -0.39 is 0 Å². The second-order valence-electron chi connectivity index (χ2n) is 7.72. The molecule has 5 rings (SSSR count). The Bertz CT molecular complexity index is 1240. The lowest BCUT2D eigenvalue weighted by molar-refractivity contribution is 0.476. The van der Waals surface area contributed by atoms with Gasteiger partial charge in [-0.2, -0.15) is 0 Å². The van der Waals surface area contributed by atoms with Crippen LogP contribution in [-0.2, 0) is 31.7 Å². The summed E-state index contributed by atoms with van der Waals surface area (Å²) >= 11 is 3.18. The molecule has 0 bridgehead atoms. The van der Waals surface area contributed by atoms with Gasteiger partial charge in [-0.25, -0.2) is 9.67 Å². The standard InChI is InChI=1S/C21H24N6O2S2/c1-2-3-10-27-17(23-24-25-27)13-30-21-22-19-18(15-8-4-5-9-16(15)31-19)20(28)26(21)12-14-7-6-11-29-14/h6-7,11H,2-5,8-10,12-13H2,1H3. The molecule has 0 aliphatic heterocycles. The van der Waals surface area contributed by atoms with Crippen molar-refractivity contribution in [1.82, 2.24) is 29.8 Å². The number of tetrazole rings is 1. The maximum Gasteiger partial charge on any atom is 0.263 e. The van der Waals surface area contributed by atoms with Gasteiger partial charge in [0.1, 0.15) is 10.6 Å². The topological polar surface area (TPSA) is 91.6 Å². The van der Waals surface area contributed by atoms with Gasteiger partial charge in [-0.3, -0.25) is 9.36 Å². The fraction of sp³-hybridized carbons (Fsp3) is 0.476. The molecule has 0 saturated carbocycles. The van der Waals surface area contributed by atoms with Crippen molar-refractivity contribution in [2.75, 3.05) is 0 Å². The van der Waals surface area contributed by atoms with E-state index in [0.717, 1.165) is 60.5 Å². The maximum absolute atomic E-state index is 13.6. The normalized spacial score (nSPS) is 13.7. The van der Waals surface area contributed by atoms with E-state index in [4.69, 9.17) is 9.40 Å². The van der Waals surface area contributed by atoms with Gasteiger partial charge in [-0.1, -0.05) is 25.1 Å². The molecule has 0 atom stereocenters. The average Bonchev–Trinajstić information content (AvgIpc) is 3.52. The van der Waals surface area contributed by atoms with Crippen molar-refractivity contribution in [3.05, 3.63) is 50.8 Å². The van der Waals surface area contributed by atoms with Crippen LogP contribution in [0, 0.1) is 0 Å². The average molecular weight is 457 g/mol. The third kappa shape index (κ3) is 4.06. The van der Waals surface area contributed by atoms with E-state index in [1.807, 2.05) is 16.8 Å². The summed E-state index contributed by atoms with van der Waals surface area (Å²) in [6.07, 6.45) is 8.06. The van der Waals surface area contributed by atoms with Gasteiger partial charge in [0, 0.05) is 11.4 Å². The number of aromatic nitrogens is 6. The molecule has 0 aromatic carbocycles. The van der Waals surface area contributed by atoms with Gasteiger partial charge in [0.25, 0.3) is 5.56 Å². The predicted molar refractivity (Wildman–Crippen MR) is 121 cm³/mol. The zero-order valence-electron chi connectivity index (χ0n) is 17.4. The molecule has 10 heteroatoms. The molecule has 1 aliphatic rings. The number of fused-ring (bicyclic) bond motifs is 3. The molecule has 8 nitrogen and oxygen atoms in total. The fourth-order valence-electron chi connectivity index (χ4n) is 3.97. The van der Waals surface area contributed by atoms with E-state index in [9.17, 15) is 4.79 Å². The highest BCUT2D eigenvalue weighted by Gasteiger charge is 2.23. The van der Waals surface area contributed by atoms with Gasteiger partial charge in [-0.15, -0.1) is 16.4 Å². The van der Waals surface area contributed by atoms with Gasteiger partial charge >= 0.3 is 0 Å². The SMILES string of the molecule is CCCCn1nnnc1CSc1nc2sc3c(c2c(=O)n1Cc1ccco1)CCCC3. The van der Waals surface area contributed by atoms with Crippen LogP contribution < -0.4 is 5.56 Å². The number of aryl methyl sites for hydroxylation is 3. The Morgan fingerprint density at radius 3 is 3.03 bits per heavy atom. The zero-order valence-corrected chi connectivity index (χ0v) is 19.0. The second kappa shape index (κ2) is 8.96. The highest BCUT2D eigenvalue weighted by Crippen LogP contribution is 2.35. The molecule has 1 aliphatic carbocycles. The molecule has 0 spiro atoms. The van der Waals surface area contributed by atoms with Gasteiger partial charge in [0.2, 0.25) is 0 Å². The third-order valence-electron chi connectivity index (χ3n) is 5.59. The first kappa shape index (κ1) is 20.4. The molecule has 4 aromatic rings. The number of unbranched alkanes of at least 4 members (excludes halogenated alkanes) is 1. The quantitative estimate of drug-likeness (QED) is 0.292. The molecule has 4 heterocycles. The number of thioether (sulfide) groups is 1. The van der Waals surface area contributed by atoms with E-state index in [2.05, 4.69) is 22.4 Å². The van der Waals surface area contributed by atoms with Crippen LogP contribution in [-0.4, -0.2) is 29.8 Å². The molecule has 0 unspecified atom stereocenters. The van der Waals surface area contributed by atoms with Crippen LogP contribution in [0.3, 0.4) is 0 Å². The van der Waals surface area contributed by atoms with Crippen molar-refractivity contribution >= 4 is 33.3 Å². The molecule has 0 amide bonds. The summed E-state index contributed by atoms with van der Waals surface area (Å²) in [4.78, 5) is 20.7. The third-order valence-corrected chi connectivity index (χ3v) is 7.75.